The third kappa shape index (κ3) is 6.12. The van der Waals surface area contributed by atoms with E-state index in [-0.39, 0.29) is 6.09 Å². The Kier molecular flexibility index (Phi) is 8.67. The van der Waals surface area contributed by atoms with Crippen LogP contribution in [0.15, 0.2) is 0 Å². The number of carbonyl (C=O) groups is 1. The average molecular weight is 284 g/mol. The van der Waals surface area contributed by atoms with Crippen LogP contribution in [0, 0.1) is 5.92 Å². The SMILES string of the molecule is CCCCC(CC)CNC1CCN(C(=O)OCC)CC1. The van der Waals surface area contributed by atoms with Gasteiger partial charge in [-0.15, -0.1) is 0 Å². The molecule has 0 aliphatic carbocycles. The Bertz CT molecular complexity index is 263. The molecule has 4 heteroatoms. The van der Waals surface area contributed by atoms with Crippen molar-refractivity contribution in [2.45, 2.75) is 65.3 Å². The van der Waals surface area contributed by atoms with Gasteiger partial charge in [-0.25, -0.2) is 4.79 Å². The lowest BCUT2D eigenvalue weighted by Gasteiger charge is -2.32. The van der Waals surface area contributed by atoms with E-state index in [2.05, 4.69) is 19.2 Å². The van der Waals surface area contributed by atoms with Gasteiger partial charge in [0, 0.05) is 19.1 Å². The van der Waals surface area contributed by atoms with Gasteiger partial charge < -0.3 is 15.0 Å². The summed E-state index contributed by atoms with van der Waals surface area (Å²) in [5.41, 5.74) is 0. The third-order valence-electron chi connectivity index (χ3n) is 4.26. The molecule has 0 aromatic rings. The molecule has 1 amide bonds. The summed E-state index contributed by atoms with van der Waals surface area (Å²) in [6.45, 7) is 9.63. The molecule has 1 N–H and O–H groups in total. The van der Waals surface area contributed by atoms with Gasteiger partial charge in [-0.1, -0.05) is 33.1 Å². The fourth-order valence-corrected chi connectivity index (χ4v) is 2.76. The molecule has 0 saturated carbocycles. The topological polar surface area (TPSA) is 41.6 Å². The van der Waals surface area contributed by atoms with Crippen molar-refractivity contribution in [3.8, 4) is 0 Å². The minimum absolute atomic E-state index is 0.152. The van der Waals surface area contributed by atoms with Crippen molar-refractivity contribution in [1.82, 2.24) is 10.2 Å². The molecule has 0 aromatic heterocycles. The fraction of sp³-hybridized carbons (Fsp3) is 0.938. The van der Waals surface area contributed by atoms with Crippen LogP contribution in [-0.4, -0.2) is 43.3 Å². The highest BCUT2D eigenvalue weighted by molar-refractivity contribution is 5.67. The van der Waals surface area contributed by atoms with Gasteiger partial charge in [-0.05, 0) is 38.6 Å². The van der Waals surface area contributed by atoms with Crippen LogP contribution in [0.3, 0.4) is 0 Å². The van der Waals surface area contributed by atoms with Crippen molar-refractivity contribution in [3.63, 3.8) is 0 Å². The first-order chi connectivity index (χ1) is 9.71. The van der Waals surface area contributed by atoms with E-state index in [0.717, 1.165) is 38.4 Å². The maximum atomic E-state index is 11.6. The van der Waals surface area contributed by atoms with Gasteiger partial charge in [0.15, 0.2) is 0 Å². The molecule has 1 unspecified atom stereocenters. The second-order valence-electron chi connectivity index (χ2n) is 5.78. The minimum Gasteiger partial charge on any atom is -0.450 e. The van der Waals surface area contributed by atoms with Crippen LogP contribution in [0.25, 0.3) is 0 Å². The van der Waals surface area contributed by atoms with Crippen molar-refractivity contribution in [1.29, 1.82) is 0 Å². The Balaban J connectivity index is 2.19. The molecule has 0 spiro atoms. The summed E-state index contributed by atoms with van der Waals surface area (Å²) in [6.07, 6.45) is 7.15. The third-order valence-corrected chi connectivity index (χ3v) is 4.26. The number of likely N-dealkylation sites (tertiary alicyclic amines) is 1. The largest absolute Gasteiger partial charge is 0.450 e. The summed E-state index contributed by atoms with van der Waals surface area (Å²) in [5.74, 6) is 0.804. The first-order valence-electron chi connectivity index (χ1n) is 8.36. The minimum atomic E-state index is -0.152. The Morgan fingerprint density at radius 2 is 2.00 bits per heavy atom. The number of piperidine rings is 1. The monoisotopic (exact) mass is 284 g/mol. The highest BCUT2D eigenvalue weighted by Gasteiger charge is 2.23. The molecular formula is C16H32N2O2. The first kappa shape index (κ1) is 17.3. The van der Waals surface area contributed by atoms with Crippen LogP contribution in [0.4, 0.5) is 4.79 Å². The zero-order valence-electron chi connectivity index (χ0n) is 13.5. The zero-order valence-corrected chi connectivity index (χ0v) is 13.5. The van der Waals surface area contributed by atoms with Gasteiger partial charge in [0.25, 0.3) is 0 Å². The zero-order chi connectivity index (χ0) is 14.8. The van der Waals surface area contributed by atoms with Gasteiger partial charge in [0.2, 0.25) is 0 Å². The van der Waals surface area contributed by atoms with E-state index in [1.807, 2.05) is 11.8 Å². The molecule has 1 fully saturated rings. The van der Waals surface area contributed by atoms with Gasteiger partial charge in [-0.2, -0.15) is 0 Å². The van der Waals surface area contributed by atoms with Crippen LogP contribution >= 0.6 is 0 Å². The second kappa shape index (κ2) is 10.0. The molecule has 0 radical (unpaired) electrons. The lowest BCUT2D eigenvalue weighted by atomic mass is 9.98. The molecule has 0 aromatic carbocycles. The average Bonchev–Trinajstić information content (AvgIpc) is 2.48. The van der Waals surface area contributed by atoms with E-state index in [1.54, 1.807) is 0 Å². The van der Waals surface area contributed by atoms with Gasteiger partial charge in [0.1, 0.15) is 0 Å². The number of rotatable bonds is 8. The molecule has 1 saturated heterocycles. The quantitative estimate of drug-likeness (QED) is 0.742. The number of hydrogen-bond acceptors (Lipinski definition) is 3. The summed E-state index contributed by atoms with van der Waals surface area (Å²) < 4.78 is 5.04. The molecule has 20 heavy (non-hydrogen) atoms. The van der Waals surface area contributed by atoms with Gasteiger partial charge >= 0.3 is 6.09 Å². The summed E-state index contributed by atoms with van der Waals surface area (Å²) in [5, 5.41) is 3.69. The molecule has 1 rings (SSSR count). The number of unbranched alkanes of at least 4 members (excludes halogenated alkanes) is 1. The smallest absolute Gasteiger partial charge is 0.409 e. The van der Waals surface area contributed by atoms with Crippen LogP contribution < -0.4 is 5.32 Å². The summed E-state index contributed by atoms with van der Waals surface area (Å²) in [7, 11) is 0. The number of ether oxygens (including phenoxy) is 1. The highest BCUT2D eigenvalue weighted by atomic mass is 16.6. The molecule has 1 atom stereocenters. The number of carbonyl (C=O) groups excluding carboxylic acids is 1. The highest BCUT2D eigenvalue weighted by Crippen LogP contribution is 2.15. The Morgan fingerprint density at radius 1 is 1.30 bits per heavy atom. The van der Waals surface area contributed by atoms with E-state index in [9.17, 15) is 4.79 Å². The molecule has 0 bridgehead atoms. The lowest BCUT2D eigenvalue weighted by Crippen LogP contribution is -2.46. The molecule has 1 aliphatic rings. The molecule has 1 heterocycles. The van der Waals surface area contributed by atoms with Crippen molar-refractivity contribution < 1.29 is 9.53 Å². The fourth-order valence-electron chi connectivity index (χ4n) is 2.76. The van der Waals surface area contributed by atoms with Crippen LogP contribution in [0.1, 0.15) is 59.3 Å². The van der Waals surface area contributed by atoms with Gasteiger partial charge in [-0.3, -0.25) is 0 Å². The maximum Gasteiger partial charge on any atom is 0.409 e. The Labute approximate surface area is 124 Å². The van der Waals surface area contributed by atoms with Crippen molar-refractivity contribution in [2.75, 3.05) is 26.2 Å². The van der Waals surface area contributed by atoms with E-state index in [0.29, 0.717) is 12.6 Å². The van der Waals surface area contributed by atoms with Gasteiger partial charge in [0.05, 0.1) is 6.61 Å². The molecule has 4 nitrogen and oxygen atoms in total. The Morgan fingerprint density at radius 3 is 2.55 bits per heavy atom. The number of amides is 1. The van der Waals surface area contributed by atoms with Crippen molar-refractivity contribution in [3.05, 3.63) is 0 Å². The van der Waals surface area contributed by atoms with Crippen LogP contribution in [0.2, 0.25) is 0 Å². The molecular weight excluding hydrogens is 252 g/mol. The van der Waals surface area contributed by atoms with E-state index < -0.39 is 0 Å². The lowest BCUT2D eigenvalue weighted by molar-refractivity contribution is 0.0947. The predicted molar refractivity (Wildman–Crippen MR) is 82.9 cm³/mol. The van der Waals surface area contributed by atoms with Crippen LogP contribution in [-0.2, 0) is 4.74 Å². The first-order valence-corrected chi connectivity index (χ1v) is 8.36. The molecule has 118 valence electrons. The van der Waals surface area contributed by atoms with Crippen LogP contribution in [0.5, 0.6) is 0 Å². The van der Waals surface area contributed by atoms with Crippen molar-refractivity contribution in [2.24, 2.45) is 5.92 Å². The van der Waals surface area contributed by atoms with E-state index in [1.165, 1.54) is 25.7 Å². The standard InChI is InChI=1S/C16H32N2O2/c1-4-7-8-14(5-2)13-17-15-9-11-18(12-10-15)16(19)20-6-3/h14-15,17H,4-13H2,1-3H3. The normalized spacial score (nSPS) is 18.1. The number of hydrogen-bond donors (Lipinski definition) is 1. The van der Waals surface area contributed by atoms with Crippen molar-refractivity contribution >= 4 is 6.09 Å². The summed E-state index contributed by atoms with van der Waals surface area (Å²) in [6, 6.07) is 0.566. The second-order valence-corrected chi connectivity index (χ2v) is 5.78. The summed E-state index contributed by atoms with van der Waals surface area (Å²) >= 11 is 0. The maximum absolute atomic E-state index is 11.6. The van der Waals surface area contributed by atoms with E-state index >= 15 is 0 Å². The number of nitrogens with one attached hydrogen (secondary N) is 1. The Hall–Kier alpha value is -0.770. The number of nitrogens with zero attached hydrogens (tertiary/aromatic N) is 1. The van der Waals surface area contributed by atoms with E-state index in [4.69, 9.17) is 4.74 Å². The summed E-state index contributed by atoms with van der Waals surface area (Å²) in [4.78, 5) is 13.4. The molecule has 1 aliphatic heterocycles. The predicted octanol–water partition coefficient (Wildman–Crippen LogP) is 3.41.